The lowest BCUT2D eigenvalue weighted by Crippen LogP contribution is -2.34. The van der Waals surface area contributed by atoms with Crippen LogP contribution in [0.15, 0.2) is 12.3 Å². The zero-order valence-corrected chi connectivity index (χ0v) is 10.6. The quantitative estimate of drug-likeness (QED) is 0.587. The highest BCUT2D eigenvalue weighted by Crippen LogP contribution is 2.03. The van der Waals surface area contributed by atoms with Crippen LogP contribution in [-0.2, 0) is 4.79 Å². The summed E-state index contributed by atoms with van der Waals surface area (Å²) in [6.07, 6.45) is 1.99. The van der Waals surface area contributed by atoms with Crippen LogP contribution in [0.2, 0.25) is 0 Å². The Kier molecular flexibility index (Phi) is 13.4. The fourth-order valence-corrected chi connectivity index (χ4v) is 1.06. The second kappa shape index (κ2) is 12.2. The van der Waals surface area contributed by atoms with Gasteiger partial charge in [0, 0.05) is 12.1 Å². The molecule has 0 saturated heterocycles. The summed E-state index contributed by atoms with van der Waals surface area (Å²) in [6, 6.07) is -0.347. The molecule has 0 atom stereocenters. The highest BCUT2D eigenvalue weighted by molar-refractivity contribution is 5.75. The molecule has 0 fully saturated rings. The molecule has 4 nitrogen and oxygen atoms in total. The van der Waals surface area contributed by atoms with Gasteiger partial charge in [0.15, 0.2) is 0 Å². The van der Waals surface area contributed by atoms with Crippen molar-refractivity contribution >= 4 is 5.78 Å². The van der Waals surface area contributed by atoms with E-state index in [4.69, 9.17) is 10.2 Å². The number of ketones is 1. The van der Waals surface area contributed by atoms with Crippen LogP contribution in [0.25, 0.3) is 0 Å². The molecular weight excluding hydrogens is 206 g/mol. The van der Waals surface area contributed by atoms with Crippen molar-refractivity contribution in [3.8, 4) is 0 Å². The number of rotatable bonds is 8. The molecule has 0 aliphatic carbocycles. The summed E-state index contributed by atoms with van der Waals surface area (Å²) in [5.74, 6) is 0.165. The summed E-state index contributed by atoms with van der Waals surface area (Å²) in [6.45, 7) is 9.05. The number of aliphatic hydroxyl groups is 2. The van der Waals surface area contributed by atoms with Gasteiger partial charge in [-0.2, -0.15) is 0 Å². The van der Waals surface area contributed by atoms with Gasteiger partial charge in [-0.25, -0.2) is 0 Å². The van der Waals surface area contributed by atoms with Crippen LogP contribution in [0.1, 0.15) is 40.0 Å². The largest absolute Gasteiger partial charge is 0.394 e. The van der Waals surface area contributed by atoms with Gasteiger partial charge in [0.05, 0.1) is 19.3 Å². The summed E-state index contributed by atoms with van der Waals surface area (Å²) in [7, 11) is 0. The molecule has 0 aromatic heterocycles. The maximum absolute atomic E-state index is 10.6. The van der Waals surface area contributed by atoms with Crippen LogP contribution in [0.5, 0.6) is 0 Å². The fourth-order valence-electron chi connectivity index (χ4n) is 1.06. The Morgan fingerprint density at radius 2 is 1.75 bits per heavy atom. The van der Waals surface area contributed by atoms with E-state index < -0.39 is 0 Å². The molecule has 0 aliphatic heterocycles. The Hall–Kier alpha value is -0.870. The molecule has 0 heterocycles. The van der Waals surface area contributed by atoms with Gasteiger partial charge < -0.3 is 20.3 Å². The minimum Gasteiger partial charge on any atom is -0.394 e. The van der Waals surface area contributed by atoms with E-state index >= 15 is 0 Å². The number of carbonyl (C=O) groups is 1. The Morgan fingerprint density at radius 3 is 2.12 bits per heavy atom. The second-order valence-electron chi connectivity index (χ2n) is 3.37. The summed E-state index contributed by atoms with van der Waals surface area (Å²) < 4.78 is 0. The topological polar surface area (TPSA) is 69.6 Å². The van der Waals surface area contributed by atoms with Crippen molar-refractivity contribution in [1.82, 2.24) is 5.32 Å². The van der Waals surface area contributed by atoms with Gasteiger partial charge in [-0.15, -0.1) is 0 Å². The minimum absolute atomic E-state index is 0.123. The van der Waals surface area contributed by atoms with Gasteiger partial charge in [-0.3, -0.25) is 0 Å². The van der Waals surface area contributed by atoms with Gasteiger partial charge in [0.2, 0.25) is 0 Å². The third-order valence-corrected chi connectivity index (χ3v) is 1.86. The summed E-state index contributed by atoms with van der Waals surface area (Å²) in [5.41, 5.74) is 0.749. The van der Waals surface area contributed by atoms with Crippen molar-refractivity contribution in [3.05, 3.63) is 12.3 Å². The van der Waals surface area contributed by atoms with Gasteiger partial charge >= 0.3 is 0 Å². The van der Waals surface area contributed by atoms with Gasteiger partial charge in [-0.1, -0.05) is 20.4 Å². The van der Waals surface area contributed by atoms with E-state index in [1.54, 1.807) is 6.92 Å². The van der Waals surface area contributed by atoms with E-state index in [-0.39, 0.29) is 25.0 Å². The average Bonchev–Trinajstić information content (AvgIpc) is 2.28. The molecule has 0 unspecified atom stereocenters. The number of allylic oxidation sites excluding steroid dienone is 1. The van der Waals surface area contributed by atoms with Crippen molar-refractivity contribution in [2.75, 3.05) is 13.2 Å². The van der Waals surface area contributed by atoms with Crippen LogP contribution in [0, 0.1) is 0 Å². The number of hydrogen-bond donors (Lipinski definition) is 3. The van der Waals surface area contributed by atoms with Crippen LogP contribution in [0.4, 0.5) is 0 Å². The molecule has 16 heavy (non-hydrogen) atoms. The predicted octanol–water partition coefficient (Wildman–Crippen LogP) is 1.23. The lowest BCUT2D eigenvalue weighted by molar-refractivity contribution is -0.117. The number of Topliss-reactive ketones (excluding diaryl/α,β-unsaturated/α-hetero) is 1. The molecule has 0 amide bonds. The zero-order valence-electron chi connectivity index (χ0n) is 10.6. The molecule has 4 heteroatoms. The van der Waals surface area contributed by atoms with Crippen LogP contribution < -0.4 is 5.32 Å². The molecule has 0 radical (unpaired) electrons. The van der Waals surface area contributed by atoms with Crippen molar-refractivity contribution < 1.29 is 15.0 Å². The molecule has 0 spiro atoms. The molecule has 0 aromatic carbocycles. The van der Waals surface area contributed by atoms with Crippen molar-refractivity contribution in [3.63, 3.8) is 0 Å². The Labute approximate surface area is 98.4 Å². The molecule has 0 bridgehead atoms. The summed E-state index contributed by atoms with van der Waals surface area (Å²) in [5, 5.41) is 20.4. The first-order valence-corrected chi connectivity index (χ1v) is 5.75. The molecule has 0 saturated carbocycles. The van der Waals surface area contributed by atoms with Gasteiger partial charge in [0.25, 0.3) is 0 Å². The highest BCUT2D eigenvalue weighted by Gasteiger charge is 2.05. The molecule has 96 valence electrons. The van der Waals surface area contributed by atoms with E-state index in [2.05, 4.69) is 11.9 Å². The van der Waals surface area contributed by atoms with Gasteiger partial charge in [0.1, 0.15) is 5.78 Å². The lowest BCUT2D eigenvalue weighted by atomic mass is 10.1. The van der Waals surface area contributed by atoms with E-state index in [1.807, 2.05) is 13.8 Å². The number of hydrogen-bond acceptors (Lipinski definition) is 4. The number of carbonyl (C=O) groups excluding carboxylic acids is 1. The Bertz CT molecular complexity index is 189. The van der Waals surface area contributed by atoms with E-state index in [9.17, 15) is 4.79 Å². The van der Waals surface area contributed by atoms with Crippen LogP contribution >= 0.6 is 0 Å². The molecule has 0 aromatic rings. The smallest absolute Gasteiger partial charge is 0.129 e. The monoisotopic (exact) mass is 231 g/mol. The zero-order chi connectivity index (χ0) is 13.0. The molecular formula is C12H25NO3. The second-order valence-corrected chi connectivity index (χ2v) is 3.37. The Balaban J connectivity index is 0. The maximum atomic E-state index is 10.6. The van der Waals surface area contributed by atoms with Crippen molar-refractivity contribution in [2.45, 2.75) is 46.1 Å². The van der Waals surface area contributed by atoms with Crippen LogP contribution in [0.3, 0.4) is 0 Å². The third kappa shape index (κ3) is 11.2. The van der Waals surface area contributed by atoms with E-state index in [1.165, 1.54) is 0 Å². The fraction of sp³-hybridized carbons (Fsp3) is 0.750. The average molecular weight is 231 g/mol. The normalized spacial score (nSPS) is 9.38. The van der Waals surface area contributed by atoms with E-state index in [0.29, 0.717) is 12.8 Å². The predicted molar refractivity (Wildman–Crippen MR) is 66.1 cm³/mol. The maximum Gasteiger partial charge on any atom is 0.129 e. The third-order valence-electron chi connectivity index (χ3n) is 1.86. The first-order chi connectivity index (χ1) is 7.60. The number of aliphatic hydroxyl groups excluding tert-OH is 2. The summed E-state index contributed by atoms with van der Waals surface area (Å²) in [4.78, 5) is 10.6. The lowest BCUT2D eigenvalue weighted by Gasteiger charge is -2.16. The minimum atomic E-state index is -0.347. The summed E-state index contributed by atoms with van der Waals surface area (Å²) >= 11 is 0. The highest BCUT2D eigenvalue weighted by atomic mass is 16.3. The SMILES string of the molecule is C=C(CCCC(C)=O)NC(CO)CO.CC. The molecule has 3 N–H and O–H groups in total. The van der Waals surface area contributed by atoms with Crippen molar-refractivity contribution in [2.24, 2.45) is 0 Å². The molecule has 0 rings (SSSR count). The number of nitrogens with one attached hydrogen (secondary N) is 1. The van der Waals surface area contributed by atoms with E-state index in [0.717, 1.165) is 12.1 Å². The van der Waals surface area contributed by atoms with Gasteiger partial charge in [-0.05, 0) is 19.8 Å². The van der Waals surface area contributed by atoms with Crippen LogP contribution in [-0.4, -0.2) is 35.3 Å². The Morgan fingerprint density at radius 1 is 1.25 bits per heavy atom. The molecule has 0 aliphatic rings. The first-order valence-electron chi connectivity index (χ1n) is 5.75. The first kappa shape index (κ1) is 17.5. The standard InChI is InChI=1S/C10H19NO3.C2H6/c1-8(4-3-5-9(2)14)11-10(6-12)7-13;1-2/h10-13H,1,3-7H2,2H3;1-2H3. The van der Waals surface area contributed by atoms with Crippen molar-refractivity contribution in [1.29, 1.82) is 0 Å².